The van der Waals surface area contributed by atoms with Gasteiger partial charge in [-0.2, -0.15) is 0 Å². The summed E-state index contributed by atoms with van der Waals surface area (Å²) < 4.78 is 6.93. The third kappa shape index (κ3) is 5.93. The number of ether oxygens (including phenoxy) is 1. The average molecular weight is 416 g/mol. The number of morpholine rings is 1. The number of carbonyl (C=O) groups excluding carboxylic acids is 1. The normalized spacial score (nSPS) is 14.2. The summed E-state index contributed by atoms with van der Waals surface area (Å²) in [4.78, 5) is 31.5. The summed E-state index contributed by atoms with van der Waals surface area (Å²) in [5.74, 6) is 1.05. The first-order valence-corrected chi connectivity index (χ1v) is 11.1. The van der Waals surface area contributed by atoms with Gasteiger partial charge in [0.15, 0.2) is 5.16 Å². The summed E-state index contributed by atoms with van der Waals surface area (Å²) in [7, 11) is 1.79. The predicted octanol–water partition coefficient (Wildman–Crippen LogP) is 2.80. The van der Waals surface area contributed by atoms with Crippen molar-refractivity contribution < 1.29 is 9.53 Å². The van der Waals surface area contributed by atoms with Crippen LogP contribution in [0.5, 0.6) is 0 Å². The molecule has 1 amide bonds. The summed E-state index contributed by atoms with van der Waals surface area (Å²) in [5, 5.41) is 0.740. The molecular formula is C22H29N3O3S. The molecule has 1 fully saturated rings. The smallest absolute Gasteiger partial charge is 0.257 e. The van der Waals surface area contributed by atoms with E-state index in [2.05, 4.69) is 4.98 Å². The molecule has 0 bridgehead atoms. The number of unbranched alkanes of at least 4 members (excludes halogenated alkanes) is 1. The van der Waals surface area contributed by atoms with Gasteiger partial charge in [0.05, 0.1) is 13.2 Å². The van der Waals surface area contributed by atoms with Crippen LogP contribution in [0.4, 0.5) is 0 Å². The minimum Gasteiger partial charge on any atom is -0.378 e. The SMILES string of the molecule is Cc1nc(SCCCCC(=O)N2CCOCC2)n(C)c(=O)c1Cc1ccccc1. The molecule has 7 heteroatoms. The van der Waals surface area contributed by atoms with Crippen molar-refractivity contribution in [3.05, 3.63) is 57.5 Å². The van der Waals surface area contributed by atoms with Crippen LogP contribution in [0.15, 0.2) is 40.3 Å². The van der Waals surface area contributed by atoms with Crippen LogP contribution in [0.1, 0.15) is 36.1 Å². The molecule has 2 heterocycles. The first-order valence-electron chi connectivity index (χ1n) is 10.1. The second-order valence-electron chi connectivity index (χ2n) is 7.28. The summed E-state index contributed by atoms with van der Waals surface area (Å²) in [6, 6.07) is 9.99. The fraction of sp³-hybridized carbons (Fsp3) is 0.500. The zero-order valence-corrected chi connectivity index (χ0v) is 18.0. The largest absolute Gasteiger partial charge is 0.378 e. The molecule has 1 aromatic carbocycles. The van der Waals surface area contributed by atoms with Gasteiger partial charge in [-0.3, -0.25) is 14.2 Å². The molecule has 0 atom stereocenters. The van der Waals surface area contributed by atoms with Crippen LogP contribution in [0, 0.1) is 6.92 Å². The van der Waals surface area contributed by atoms with Crippen molar-refractivity contribution in [1.82, 2.24) is 14.5 Å². The number of nitrogens with zero attached hydrogens (tertiary/aromatic N) is 3. The van der Waals surface area contributed by atoms with Crippen molar-refractivity contribution in [3.63, 3.8) is 0 Å². The highest BCUT2D eigenvalue weighted by molar-refractivity contribution is 7.99. The number of carbonyl (C=O) groups is 1. The van der Waals surface area contributed by atoms with Gasteiger partial charge in [-0.25, -0.2) is 4.98 Å². The number of hydrogen-bond acceptors (Lipinski definition) is 5. The van der Waals surface area contributed by atoms with Crippen molar-refractivity contribution in [2.24, 2.45) is 7.05 Å². The van der Waals surface area contributed by atoms with E-state index in [-0.39, 0.29) is 11.5 Å². The molecule has 2 aromatic rings. The van der Waals surface area contributed by atoms with Gasteiger partial charge in [0.2, 0.25) is 5.91 Å². The lowest BCUT2D eigenvalue weighted by atomic mass is 10.1. The van der Waals surface area contributed by atoms with Crippen molar-refractivity contribution in [3.8, 4) is 0 Å². The number of aromatic nitrogens is 2. The fourth-order valence-corrected chi connectivity index (χ4v) is 4.38. The highest BCUT2D eigenvalue weighted by Crippen LogP contribution is 2.18. The second kappa shape index (κ2) is 10.6. The monoisotopic (exact) mass is 415 g/mol. The van der Waals surface area contributed by atoms with Crippen molar-refractivity contribution >= 4 is 17.7 Å². The number of amides is 1. The van der Waals surface area contributed by atoms with E-state index in [9.17, 15) is 9.59 Å². The molecule has 156 valence electrons. The molecule has 0 spiro atoms. The van der Waals surface area contributed by atoms with Gasteiger partial charge in [0.25, 0.3) is 5.56 Å². The quantitative estimate of drug-likeness (QED) is 0.377. The van der Waals surface area contributed by atoms with Gasteiger partial charge in [-0.15, -0.1) is 0 Å². The Morgan fingerprint density at radius 1 is 1.17 bits per heavy atom. The Morgan fingerprint density at radius 2 is 1.90 bits per heavy atom. The van der Waals surface area contributed by atoms with Crippen molar-refractivity contribution in [2.45, 2.75) is 37.8 Å². The van der Waals surface area contributed by atoms with Crippen LogP contribution in [0.2, 0.25) is 0 Å². The number of hydrogen-bond donors (Lipinski definition) is 0. The van der Waals surface area contributed by atoms with Gasteiger partial charge >= 0.3 is 0 Å². The highest BCUT2D eigenvalue weighted by Gasteiger charge is 2.16. The molecule has 1 aromatic heterocycles. The van der Waals surface area contributed by atoms with E-state index in [1.54, 1.807) is 23.4 Å². The molecule has 3 rings (SSSR count). The third-order valence-electron chi connectivity index (χ3n) is 5.15. The molecule has 29 heavy (non-hydrogen) atoms. The molecular weight excluding hydrogens is 386 g/mol. The van der Waals surface area contributed by atoms with E-state index in [1.165, 1.54) is 0 Å². The van der Waals surface area contributed by atoms with Crippen molar-refractivity contribution in [2.75, 3.05) is 32.1 Å². The van der Waals surface area contributed by atoms with Crippen molar-refractivity contribution in [1.29, 1.82) is 0 Å². The van der Waals surface area contributed by atoms with Crippen LogP contribution in [0.25, 0.3) is 0 Å². The Labute approximate surface area is 176 Å². The standard InChI is InChI=1S/C22H29N3O3S/c1-17-19(16-18-8-4-3-5-9-18)21(27)24(2)22(23-17)29-15-7-6-10-20(26)25-11-13-28-14-12-25/h3-5,8-9H,6-7,10-16H2,1-2H3. The van der Waals surface area contributed by atoms with Gasteiger partial charge in [0.1, 0.15) is 0 Å². The summed E-state index contributed by atoms with van der Waals surface area (Å²) >= 11 is 1.58. The molecule has 0 radical (unpaired) electrons. The average Bonchev–Trinajstić information content (AvgIpc) is 2.75. The lowest BCUT2D eigenvalue weighted by Crippen LogP contribution is -2.40. The number of aryl methyl sites for hydroxylation is 1. The van der Waals surface area contributed by atoms with E-state index < -0.39 is 0 Å². The summed E-state index contributed by atoms with van der Waals surface area (Å²) in [6.07, 6.45) is 2.94. The predicted molar refractivity (Wildman–Crippen MR) is 115 cm³/mol. The third-order valence-corrected chi connectivity index (χ3v) is 6.27. The minimum absolute atomic E-state index is 0.0198. The zero-order chi connectivity index (χ0) is 20.6. The molecule has 1 aliphatic heterocycles. The summed E-state index contributed by atoms with van der Waals surface area (Å²) in [6.45, 7) is 4.59. The van der Waals surface area contributed by atoms with Crippen LogP contribution < -0.4 is 5.56 Å². The zero-order valence-electron chi connectivity index (χ0n) is 17.2. The molecule has 1 saturated heterocycles. The number of rotatable bonds is 8. The maximum atomic E-state index is 12.8. The molecule has 0 saturated carbocycles. The number of benzene rings is 1. The first kappa shape index (κ1) is 21.6. The van der Waals surface area contributed by atoms with Gasteiger partial charge in [0, 0.05) is 50.0 Å². The molecule has 6 nitrogen and oxygen atoms in total. The molecule has 0 N–H and O–H groups in total. The van der Waals surface area contributed by atoms with Crippen LogP contribution in [-0.2, 0) is 23.0 Å². The first-order chi connectivity index (χ1) is 14.1. The fourth-order valence-electron chi connectivity index (χ4n) is 3.38. The highest BCUT2D eigenvalue weighted by atomic mass is 32.2. The van der Waals surface area contributed by atoms with E-state index in [0.717, 1.165) is 40.6 Å². The maximum Gasteiger partial charge on any atom is 0.257 e. The van der Waals surface area contributed by atoms with E-state index in [4.69, 9.17) is 4.74 Å². The van der Waals surface area contributed by atoms with E-state index >= 15 is 0 Å². The lowest BCUT2D eigenvalue weighted by molar-refractivity contribution is -0.135. The van der Waals surface area contributed by atoms with Crippen LogP contribution in [-0.4, -0.2) is 52.4 Å². The Kier molecular flexibility index (Phi) is 7.89. The molecule has 0 aliphatic carbocycles. The van der Waals surface area contributed by atoms with Gasteiger partial charge in [-0.05, 0) is 25.3 Å². The lowest BCUT2D eigenvalue weighted by Gasteiger charge is -2.26. The Morgan fingerprint density at radius 3 is 2.62 bits per heavy atom. The minimum atomic E-state index is 0.0198. The Bertz CT molecular complexity index is 877. The van der Waals surface area contributed by atoms with Gasteiger partial charge in [-0.1, -0.05) is 42.1 Å². The maximum absolute atomic E-state index is 12.8. The summed E-state index contributed by atoms with van der Waals surface area (Å²) in [5.41, 5.74) is 2.67. The van der Waals surface area contributed by atoms with E-state index in [0.29, 0.717) is 39.1 Å². The van der Waals surface area contributed by atoms with Gasteiger partial charge < -0.3 is 9.64 Å². The second-order valence-corrected chi connectivity index (χ2v) is 8.35. The Balaban J connectivity index is 1.51. The Hall–Kier alpha value is -2.12. The van der Waals surface area contributed by atoms with Crippen LogP contribution in [0.3, 0.4) is 0 Å². The number of thioether (sulfide) groups is 1. The molecule has 1 aliphatic rings. The topological polar surface area (TPSA) is 64.4 Å². The van der Waals surface area contributed by atoms with Crippen LogP contribution >= 0.6 is 11.8 Å². The molecule has 0 unspecified atom stereocenters. The van der Waals surface area contributed by atoms with E-state index in [1.807, 2.05) is 42.2 Å².